The second-order valence-electron chi connectivity index (χ2n) is 2.78. The number of benzene rings is 1. The van der Waals surface area contributed by atoms with E-state index in [2.05, 4.69) is 0 Å². The molecule has 1 aromatic rings. The summed E-state index contributed by atoms with van der Waals surface area (Å²) in [5.41, 5.74) is 0. The Bertz CT molecular complexity index is 509. The van der Waals surface area contributed by atoms with E-state index in [1.54, 1.807) is 0 Å². The lowest BCUT2D eigenvalue weighted by Crippen LogP contribution is -2.37. The number of hydrogen-bond donors (Lipinski definition) is 1. The van der Waals surface area contributed by atoms with E-state index < -0.39 is 26.0 Å². The first-order valence-corrected chi connectivity index (χ1v) is 5.67. The smallest absolute Gasteiger partial charge is 0.444 e. The molecule has 0 saturated carbocycles. The highest BCUT2D eigenvalue weighted by Gasteiger charge is 2.53. The number of alkyl halides is 2. The van der Waals surface area contributed by atoms with Crippen LogP contribution in [0, 0.1) is 0 Å². The Balaban J connectivity index is 3.33. The van der Waals surface area contributed by atoms with Gasteiger partial charge >= 0.3 is 11.2 Å². The van der Waals surface area contributed by atoms with Crippen LogP contribution in [0.15, 0.2) is 29.2 Å². The van der Waals surface area contributed by atoms with Gasteiger partial charge in [-0.25, -0.2) is 13.2 Å². The molecule has 0 fully saturated rings. The van der Waals surface area contributed by atoms with Crippen molar-refractivity contribution in [2.75, 3.05) is 0 Å². The van der Waals surface area contributed by atoms with Gasteiger partial charge in [-0.05, 0) is 24.3 Å². The monoisotopic (exact) mass is 270 g/mol. The first-order chi connectivity index (χ1) is 7.19. The van der Waals surface area contributed by atoms with Crippen LogP contribution in [0.5, 0.6) is 0 Å². The Morgan fingerprint density at radius 1 is 1.25 bits per heavy atom. The molecule has 0 spiro atoms. The molecule has 1 rings (SSSR count). The lowest BCUT2D eigenvalue weighted by Gasteiger charge is -2.11. The molecule has 8 heteroatoms. The predicted molar refractivity (Wildman–Crippen MR) is 51.2 cm³/mol. The fourth-order valence-electron chi connectivity index (χ4n) is 0.877. The van der Waals surface area contributed by atoms with E-state index in [4.69, 9.17) is 16.7 Å². The first kappa shape index (κ1) is 12.9. The van der Waals surface area contributed by atoms with Crippen molar-refractivity contribution < 1.29 is 27.1 Å². The molecule has 0 aromatic heterocycles. The summed E-state index contributed by atoms with van der Waals surface area (Å²) in [7, 11) is -5.25. The largest absolute Gasteiger partial charge is 0.476 e. The van der Waals surface area contributed by atoms with Crippen LogP contribution in [0.4, 0.5) is 8.78 Å². The van der Waals surface area contributed by atoms with E-state index in [0.717, 1.165) is 24.3 Å². The highest BCUT2D eigenvalue weighted by molar-refractivity contribution is 7.93. The van der Waals surface area contributed by atoms with Gasteiger partial charge in [-0.2, -0.15) is 8.78 Å². The standard InChI is InChI=1S/C8H5ClF2O4S/c9-5-1-3-6(4-2-5)16(14,15)8(10,11)7(12)13/h1-4H,(H,12,13). The fraction of sp³-hybridized carbons (Fsp3) is 0.125. The van der Waals surface area contributed by atoms with Gasteiger partial charge in [0.1, 0.15) is 0 Å². The summed E-state index contributed by atoms with van der Waals surface area (Å²) in [4.78, 5) is 9.35. The van der Waals surface area contributed by atoms with E-state index in [9.17, 15) is 22.0 Å². The van der Waals surface area contributed by atoms with Crippen LogP contribution in [0.1, 0.15) is 0 Å². The number of rotatable bonds is 3. The minimum Gasteiger partial charge on any atom is -0.476 e. The van der Waals surface area contributed by atoms with Crippen molar-refractivity contribution in [2.24, 2.45) is 0 Å². The molecule has 0 aliphatic heterocycles. The number of carbonyl (C=O) groups is 1. The van der Waals surface area contributed by atoms with Gasteiger partial charge in [0.25, 0.3) is 9.84 Å². The maximum atomic E-state index is 12.9. The van der Waals surface area contributed by atoms with Crippen LogP contribution in [-0.2, 0) is 14.6 Å². The summed E-state index contributed by atoms with van der Waals surface area (Å²) in [5, 5.41) is 3.43. The van der Waals surface area contributed by atoms with Gasteiger partial charge in [-0.3, -0.25) is 0 Å². The van der Waals surface area contributed by atoms with Crippen LogP contribution in [-0.4, -0.2) is 24.7 Å². The third-order valence-electron chi connectivity index (χ3n) is 1.71. The maximum absolute atomic E-state index is 12.9. The van der Waals surface area contributed by atoms with Crippen LogP contribution in [0.2, 0.25) is 5.02 Å². The maximum Gasteiger partial charge on any atom is 0.444 e. The molecular weight excluding hydrogens is 266 g/mol. The zero-order valence-electron chi connectivity index (χ0n) is 7.52. The number of sulfone groups is 1. The van der Waals surface area contributed by atoms with Gasteiger partial charge in [0.15, 0.2) is 0 Å². The Morgan fingerprint density at radius 2 is 1.69 bits per heavy atom. The van der Waals surface area contributed by atoms with E-state index in [1.165, 1.54) is 0 Å². The second-order valence-corrected chi connectivity index (χ2v) is 5.21. The molecule has 16 heavy (non-hydrogen) atoms. The summed E-state index contributed by atoms with van der Waals surface area (Å²) in [6.07, 6.45) is 0. The van der Waals surface area contributed by atoms with Crippen molar-refractivity contribution in [1.82, 2.24) is 0 Å². The van der Waals surface area contributed by atoms with Gasteiger partial charge in [0.2, 0.25) is 0 Å². The topological polar surface area (TPSA) is 71.4 Å². The van der Waals surface area contributed by atoms with Crippen molar-refractivity contribution in [1.29, 1.82) is 0 Å². The summed E-state index contributed by atoms with van der Waals surface area (Å²) in [6, 6.07) is 3.78. The molecule has 88 valence electrons. The third-order valence-corrected chi connectivity index (χ3v) is 3.70. The first-order valence-electron chi connectivity index (χ1n) is 3.81. The predicted octanol–water partition coefficient (Wildman–Crippen LogP) is 1.79. The number of halogens is 3. The highest BCUT2D eigenvalue weighted by atomic mass is 35.5. The van der Waals surface area contributed by atoms with Crippen molar-refractivity contribution in [3.8, 4) is 0 Å². The van der Waals surface area contributed by atoms with Gasteiger partial charge in [0.05, 0.1) is 4.90 Å². The fourth-order valence-corrected chi connectivity index (χ4v) is 2.02. The average molecular weight is 271 g/mol. The van der Waals surface area contributed by atoms with E-state index in [1.807, 2.05) is 0 Å². The Morgan fingerprint density at radius 3 is 2.06 bits per heavy atom. The molecule has 0 aliphatic carbocycles. The van der Waals surface area contributed by atoms with Crippen LogP contribution in [0.3, 0.4) is 0 Å². The van der Waals surface area contributed by atoms with Crippen LogP contribution in [0.25, 0.3) is 0 Å². The SMILES string of the molecule is O=C(O)C(F)(F)S(=O)(=O)c1ccc(Cl)cc1. The number of hydrogen-bond acceptors (Lipinski definition) is 3. The van der Waals surface area contributed by atoms with Crippen molar-refractivity contribution in [3.05, 3.63) is 29.3 Å². The van der Waals surface area contributed by atoms with Gasteiger partial charge < -0.3 is 5.11 Å². The summed E-state index contributed by atoms with van der Waals surface area (Å²) in [6.45, 7) is 0. The molecule has 0 atom stereocenters. The molecule has 0 aliphatic rings. The van der Waals surface area contributed by atoms with Crippen LogP contribution < -0.4 is 0 Å². The Labute approximate surface area is 94.4 Å². The van der Waals surface area contributed by atoms with Crippen molar-refractivity contribution in [2.45, 2.75) is 10.2 Å². The summed E-state index contributed by atoms with van der Waals surface area (Å²) >= 11 is 5.44. The molecule has 1 N–H and O–H groups in total. The second kappa shape index (κ2) is 3.99. The number of aliphatic carboxylic acids is 1. The normalized spacial score (nSPS) is 12.4. The number of carboxylic acids is 1. The zero-order chi connectivity index (χ0) is 12.6. The molecule has 4 nitrogen and oxygen atoms in total. The van der Waals surface area contributed by atoms with Gasteiger partial charge in [0, 0.05) is 5.02 Å². The molecule has 0 bridgehead atoms. The molecule has 0 heterocycles. The minimum atomic E-state index is -5.25. The van der Waals surface area contributed by atoms with E-state index in [-0.39, 0.29) is 5.02 Å². The Kier molecular flexibility index (Phi) is 3.20. The molecule has 1 aromatic carbocycles. The molecule has 0 unspecified atom stereocenters. The van der Waals surface area contributed by atoms with Gasteiger partial charge in [-0.15, -0.1) is 0 Å². The Hall–Kier alpha value is -1.21. The van der Waals surface area contributed by atoms with E-state index >= 15 is 0 Å². The minimum absolute atomic E-state index is 0.151. The van der Waals surface area contributed by atoms with Gasteiger partial charge in [-0.1, -0.05) is 11.6 Å². The summed E-state index contributed by atoms with van der Waals surface area (Å²) in [5.74, 6) is -2.72. The quantitative estimate of drug-likeness (QED) is 0.909. The van der Waals surface area contributed by atoms with Crippen molar-refractivity contribution in [3.63, 3.8) is 0 Å². The lowest BCUT2D eigenvalue weighted by molar-refractivity contribution is -0.153. The molecular formula is C8H5ClF2O4S. The van der Waals surface area contributed by atoms with Crippen molar-refractivity contribution >= 4 is 27.4 Å². The average Bonchev–Trinajstić information content (AvgIpc) is 2.17. The molecule has 0 radical (unpaired) electrons. The highest BCUT2D eigenvalue weighted by Crippen LogP contribution is 2.29. The summed E-state index contributed by atoms with van der Waals surface area (Å²) < 4.78 is 48.2. The number of carboxylic acid groups (broad SMARTS) is 1. The molecule has 0 saturated heterocycles. The zero-order valence-corrected chi connectivity index (χ0v) is 9.10. The van der Waals surface area contributed by atoms with E-state index in [0.29, 0.717) is 0 Å². The lowest BCUT2D eigenvalue weighted by atomic mass is 10.4. The third kappa shape index (κ3) is 2.00. The molecule has 0 amide bonds. The van der Waals surface area contributed by atoms with Crippen LogP contribution >= 0.6 is 11.6 Å².